The second-order valence-corrected chi connectivity index (χ2v) is 8.85. The molecule has 21 heavy (non-hydrogen) atoms. The van der Waals surface area contributed by atoms with Crippen LogP contribution in [-0.2, 0) is 11.0 Å². The van der Waals surface area contributed by atoms with E-state index in [-0.39, 0.29) is 11.0 Å². The van der Waals surface area contributed by atoms with Crippen LogP contribution in [0, 0.1) is 11.8 Å². The fraction of sp³-hybridized carbons (Fsp3) is 0.833. The van der Waals surface area contributed by atoms with Crippen molar-refractivity contribution in [3.8, 4) is 0 Å². The third-order valence-corrected chi connectivity index (χ3v) is 6.11. The fourth-order valence-electron chi connectivity index (χ4n) is 3.24. The zero-order chi connectivity index (χ0) is 15.7. The summed E-state index contributed by atoms with van der Waals surface area (Å²) in [4.78, 5) is 5.05. The largest absolute Gasteiger partial charge is 0.305 e. The highest BCUT2D eigenvalue weighted by molar-refractivity contribution is 7.09. The minimum absolute atomic E-state index is 0.121. The van der Waals surface area contributed by atoms with E-state index in [0.717, 1.165) is 18.4 Å². The Bertz CT molecular complexity index is 456. The van der Waals surface area contributed by atoms with Crippen LogP contribution in [-0.4, -0.2) is 11.5 Å². The van der Waals surface area contributed by atoms with Gasteiger partial charge in [-0.25, -0.2) is 4.98 Å². The van der Waals surface area contributed by atoms with Gasteiger partial charge in [-0.15, -0.1) is 11.3 Å². The van der Waals surface area contributed by atoms with Crippen molar-refractivity contribution in [2.75, 3.05) is 6.54 Å². The number of nitrogens with zero attached hydrogens (tertiary/aromatic N) is 1. The van der Waals surface area contributed by atoms with Gasteiger partial charge in [0.2, 0.25) is 0 Å². The van der Waals surface area contributed by atoms with Crippen LogP contribution in [0.1, 0.15) is 77.9 Å². The summed E-state index contributed by atoms with van der Waals surface area (Å²) in [6.45, 7) is 14.9. The molecule has 3 heteroatoms. The predicted octanol–water partition coefficient (Wildman–Crippen LogP) is 5.09. The van der Waals surface area contributed by atoms with Crippen molar-refractivity contribution in [1.82, 2.24) is 10.3 Å². The molecular formula is C18H32N2S. The van der Waals surface area contributed by atoms with E-state index in [1.807, 2.05) is 11.3 Å². The van der Waals surface area contributed by atoms with Crippen molar-refractivity contribution >= 4 is 11.3 Å². The molecule has 0 amide bonds. The first-order valence-corrected chi connectivity index (χ1v) is 9.38. The molecule has 2 rings (SSSR count). The lowest BCUT2D eigenvalue weighted by Gasteiger charge is -2.42. The highest BCUT2D eigenvalue weighted by Crippen LogP contribution is 2.44. The summed E-state index contributed by atoms with van der Waals surface area (Å²) in [6.07, 6.45) is 4.95. The summed E-state index contributed by atoms with van der Waals surface area (Å²) in [5.74, 6) is 1.61. The van der Waals surface area contributed by atoms with E-state index in [1.165, 1.54) is 36.4 Å². The van der Waals surface area contributed by atoms with E-state index < -0.39 is 0 Å². The molecule has 1 aromatic heterocycles. The lowest BCUT2D eigenvalue weighted by Crippen LogP contribution is -2.47. The molecular weight excluding hydrogens is 276 g/mol. The summed E-state index contributed by atoms with van der Waals surface area (Å²) in [5, 5.41) is 7.46. The lowest BCUT2D eigenvalue weighted by molar-refractivity contribution is 0.140. The normalized spacial score (nSPS) is 30.6. The first-order valence-electron chi connectivity index (χ1n) is 8.50. The highest BCUT2D eigenvalue weighted by atomic mass is 32.1. The first kappa shape index (κ1) is 17.0. The van der Waals surface area contributed by atoms with Crippen LogP contribution in [0.2, 0.25) is 0 Å². The predicted molar refractivity (Wildman–Crippen MR) is 93.0 cm³/mol. The quantitative estimate of drug-likeness (QED) is 0.838. The second-order valence-electron chi connectivity index (χ2n) is 7.99. The van der Waals surface area contributed by atoms with Crippen LogP contribution < -0.4 is 5.32 Å². The van der Waals surface area contributed by atoms with Crippen LogP contribution in [0.25, 0.3) is 0 Å². The molecule has 1 saturated carbocycles. The van der Waals surface area contributed by atoms with Crippen LogP contribution in [0.5, 0.6) is 0 Å². The van der Waals surface area contributed by atoms with E-state index in [9.17, 15) is 0 Å². The summed E-state index contributed by atoms with van der Waals surface area (Å²) in [7, 11) is 0. The Hall–Kier alpha value is -0.410. The van der Waals surface area contributed by atoms with E-state index in [0.29, 0.717) is 0 Å². The minimum atomic E-state index is 0.121. The van der Waals surface area contributed by atoms with Gasteiger partial charge in [0.05, 0.1) is 11.2 Å². The van der Waals surface area contributed by atoms with Crippen LogP contribution in [0.4, 0.5) is 0 Å². The van der Waals surface area contributed by atoms with Crippen molar-refractivity contribution in [2.45, 2.75) is 78.2 Å². The summed E-state index contributed by atoms with van der Waals surface area (Å²) in [6, 6.07) is 0. The molecule has 0 spiro atoms. The zero-order valence-corrected chi connectivity index (χ0v) is 15.4. The number of rotatable bonds is 4. The van der Waals surface area contributed by atoms with Gasteiger partial charge in [0.1, 0.15) is 5.01 Å². The smallest absolute Gasteiger partial charge is 0.113 e. The van der Waals surface area contributed by atoms with Gasteiger partial charge in [-0.05, 0) is 44.1 Å². The number of hydrogen-bond donors (Lipinski definition) is 1. The number of aromatic nitrogens is 1. The molecule has 0 aliphatic heterocycles. The van der Waals surface area contributed by atoms with Crippen molar-refractivity contribution in [2.24, 2.45) is 11.8 Å². The van der Waals surface area contributed by atoms with Crippen molar-refractivity contribution in [1.29, 1.82) is 0 Å². The molecule has 0 saturated heterocycles. The Kier molecular flexibility index (Phi) is 5.15. The van der Waals surface area contributed by atoms with Gasteiger partial charge < -0.3 is 5.32 Å². The number of nitrogens with one attached hydrogen (secondary N) is 1. The standard InChI is InChI=1S/C18H32N2S/c1-7-10-19-18(9-8-13(2)14(3)11-18)16-20-15(12-21-16)17(4,5)6/h12-14,19H,7-11H2,1-6H3. The van der Waals surface area contributed by atoms with E-state index in [4.69, 9.17) is 4.98 Å². The molecule has 1 aliphatic carbocycles. The maximum Gasteiger partial charge on any atom is 0.113 e. The maximum absolute atomic E-state index is 5.05. The van der Waals surface area contributed by atoms with Gasteiger partial charge in [0.15, 0.2) is 0 Å². The third-order valence-electron chi connectivity index (χ3n) is 5.06. The van der Waals surface area contributed by atoms with Gasteiger partial charge in [0.25, 0.3) is 0 Å². The molecule has 120 valence electrons. The SMILES string of the molecule is CCCNC1(c2nc(C(C)(C)C)cs2)CCC(C)C(C)C1. The first-order chi connectivity index (χ1) is 9.78. The Labute approximate surface area is 134 Å². The van der Waals surface area contributed by atoms with Gasteiger partial charge >= 0.3 is 0 Å². The van der Waals surface area contributed by atoms with Crippen molar-refractivity contribution in [3.63, 3.8) is 0 Å². The summed E-state index contributed by atoms with van der Waals surface area (Å²) < 4.78 is 0. The van der Waals surface area contributed by atoms with Crippen LogP contribution in [0.3, 0.4) is 0 Å². The topological polar surface area (TPSA) is 24.9 Å². The van der Waals surface area contributed by atoms with E-state index >= 15 is 0 Å². The lowest BCUT2D eigenvalue weighted by atomic mass is 9.71. The molecule has 1 aromatic rings. The third kappa shape index (κ3) is 3.68. The van der Waals surface area contributed by atoms with Gasteiger partial charge in [-0.2, -0.15) is 0 Å². The maximum atomic E-state index is 5.05. The van der Waals surface area contributed by atoms with Crippen LogP contribution >= 0.6 is 11.3 Å². The van der Waals surface area contributed by atoms with Crippen LogP contribution in [0.15, 0.2) is 5.38 Å². The van der Waals surface area contributed by atoms with Gasteiger partial charge in [-0.3, -0.25) is 0 Å². The second kappa shape index (κ2) is 6.37. The molecule has 0 bridgehead atoms. The minimum Gasteiger partial charge on any atom is -0.305 e. The average molecular weight is 309 g/mol. The molecule has 2 nitrogen and oxygen atoms in total. The molecule has 1 heterocycles. The fourth-order valence-corrected chi connectivity index (χ4v) is 4.51. The summed E-state index contributed by atoms with van der Waals surface area (Å²) >= 11 is 1.86. The molecule has 0 aromatic carbocycles. The number of hydrogen-bond acceptors (Lipinski definition) is 3. The Balaban J connectivity index is 2.29. The Morgan fingerprint density at radius 1 is 1.33 bits per heavy atom. The van der Waals surface area contributed by atoms with Gasteiger partial charge in [-0.1, -0.05) is 41.5 Å². The van der Waals surface area contributed by atoms with E-state index in [1.54, 1.807) is 0 Å². The highest BCUT2D eigenvalue weighted by Gasteiger charge is 2.41. The Morgan fingerprint density at radius 3 is 2.57 bits per heavy atom. The van der Waals surface area contributed by atoms with E-state index in [2.05, 4.69) is 52.2 Å². The molecule has 1 N–H and O–H groups in total. The zero-order valence-electron chi connectivity index (χ0n) is 14.6. The molecule has 1 fully saturated rings. The Morgan fingerprint density at radius 2 is 2.05 bits per heavy atom. The van der Waals surface area contributed by atoms with Crippen molar-refractivity contribution < 1.29 is 0 Å². The average Bonchev–Trinajstić information content (AvgIpc) is 2.91. The molecule has 3 unspecified atom stereocenters. The molecule has 1 aliphatic rings. The number of thiazole rings is 1. The van der Waals surface area contributed by atoms with Gasteiger partial charge in [0, 0.05) is 10.8 Å². The summed E-state index contributed by atoms with van der Waals surface area (Å²) in [5.41, 5.74) is 1.51. The van der Waals surface area contributed by atoms with Crippen molar-refractivity contribution in [3.05, 3.63) is 16.1 Å². The molecule has 0 radical (unpaired) electrons. The molecule has 3 atom stereocenters. The monoisotopic (exact) mass is 308 g/mol.